The first-order valence-corrected chi connectivity index (χ1v) is 5.12. The zero-order valence-corrected chi connectivity index (χ0v) is 9.80. The summed E-state index contributed by atoms with van der Waals surface area (Å²) >= 11 is 5.57. The number of rotatable bonds is 3. The molecule has 0 aromatic carbocycles. The first-order chi connectivity index (χ1) is 6.94. The minimum atomic E-state index is -0.238. The number of nitrogens with one attached hydrogen (secondary N) is 1. The van der Waals surface area contributed by atoms with Crippen LogP contribution in [0.15, 0.2) is 12.4 Å². The molecule has 0 aliphatic heterocycles. The molecule has 82 valence electrons. The number of hydrogen-bond acceptors (Lipinski definition) is 3. The zero-order chi connectivity index (χ0) is 11.5. The number of carbonyl (C=O) groups excluding carboxylic acids is 1. The normalized spacial score (nSPS) is 11.2. The van der Waals surface area contributed by atoms with Gasteiger partial charge >= 0.3 is 0 Å². The maximum atomic E-state index is 11.7. The lowest BCUT2D eigenvalue weighted by atomic mass is 10.0. The molecule has 0 saturated heterocycles. The molecule has 1 aromatic heterocycles. The minimum Gasteiger partial charge on any atom is -0.346 e. The van der Waals surface area contributed by atoms with Crippen LogP contribution in [0.25, 0.3) is 0 Å². The van der Waals surface area contributed by atoms with Crippen LogP contribution in [0, 0.1) is 0 Å². The van der Waals surface area contributed by atoms with Gasteiger partial charge in [-0.15, -0.1) is 0 Å². The number of hydrogen-bond donors (Lipinski definition) is 1. The van der Waals surface area contributed by atoms with Crippen molar-refractivity contribution in [1.82, 2.24) is 15.3 Å². The molecule has 1 heterocycles. The van der Waals surface area contributed by atoms with Crippen molar-refractivity contribution in [1.29, 1.82) is 0 Å². The van der Waals surface area contributed by atoms with E-state index in [1.54, 1.807) is 0 Å². The Balaban J connectivity index is 2.74. The van der Waals surface area contributed by atoms with Crippen molar-refractivity contribution in [2.24, 2.45) is 0 Å². The van der Waals surface area contributed by atoms with Crippen molar-refractivity contribution in [3.8, 4) is 0 Å². The zero-order valence-electron chi connectivity index (χ0n) is 9.04. The van der Waals surface area contributed by atoms with Gasteiger partial charge < -0.3 is 5.32 Å². The van der Waals surface area contributed by atoms with Crippen LogP contribution in [0.4, 0.5) is 0 Å². The summed E-state index contributed by atoms with van der Waals surface area (Å²) in [7, 11) is 0. The maximum absolute atomic E-state index is 11.7. The van der Waals surface area contributed by atoms with Crippen molar-refractivity contribution in [2.45, 2.75) is 32.7 Å². The van der Waals surface area contributed by atoms with Crippen LogP contribution in [0.2, 0.25) is 5.15 Å². The summed E-state index contributed by atoms with van der Waals surface area (Å²) in [4.78, 5) is 19.4. The van der Waals surface area contributed by atoms with Gasteiger partial charge in [0.1, 0.15) is 10.8 Å². The number of halogens is 1. The van der Waals surface area contributed by atoms with E-state index in [4.69, 9.17) is 11.6 Å². The Bertz CT molecular complexity index is 348. The Kier molecular flexibility index (Phi) is 3.63. The molecule has 0 unspecified atom stereocenters. The van der Waals surface area contributed by atoms with E-state index in [2.05, 4.69) is 15.3 Å². The van der Waals surface area contributed by atoms with Crippen molar-refractivity contribution in [3.63, 3.8) is 0 Å². The molecule has 0 spiro atoms. The lowest BCUT2D eigenvalue weighted by molar-refractivity contribution is 0.0905. The fraction of sp³-hybridized carbons (Fsp3) is 0.500. The van der Waals surface area contributed by atoms with E-state index < -0.39 is 0 Å². The van der Waals surface area contributed by atoms with E-state index in [1.165, 1.54) is 12.4 Å². The van der Waals surface area contributed by atoms with E-state index in [0.29, 0.717) is 0 Å². The summed E-state index contributed by atoms with van der Waals surface area (Å²) in [5, 5.41) is 3.14. The van der Waals surface area contributed by atoms with Crippen LogP contribution in [0.5, 0.6) is 0 Å². The van der Waals surface area contributed by atoms with Crippen LogP contribution in [-0.4, -0.2) is 21.4 Å². The highest BCUT2D eigenvalue weighted by molar-refractivity contribution is 6.29. The van der Waals surface area contributed by atoms with Crippen LogP contribution in [0.3, 0.4) is 0 Å². The van der Waals surface area contributed by atoms with Gasteiger partial charge in [-0.05, 0) is 20.3 Å². The van der Waals surface area contributed by atoms with Gasteiger partial charge in [0.25, 0.3) is 5.91 Å². The average molecular weight is 228 g/mol. The Morgan fingerprint density at radius 1 is 1.47 bits per heavy atom. The molecule has 5 heteroatoms. The number of aromatic nitrogens is 2. The molecule has 15 heavy (non-hydrogen) atoms. The maximum Gasteiger partial charge on any atom is 0.271 e. The van der Waals surface area contributed by atoms with Gasteiger partial charge in [-0.2, -0.15) is 0 Å². The van der Waals surface area contributed by atoms with Crippen molar-refractivity contribution in [2.75, 3.05) is 0 Å². The third kappa shape index (κ3) is 3.47. The minimum absolute atomic E-state index is 0.231. The van der Waals surface area contributed by atoms with Gasteiger partial charge in [0.15, 0.2) is 0 Å². The fourth-order valence-corrected chi connectivity index (χ4v) is 0.987. The molecule has 1 rings (SSSR count). The summed E-state index contributed by atoms with van der Waals surface area (Å²) in [6.45, 7) is 5.91. The Hall–Kier alpha value is -1.16. The molecule has 0 saturated carbocycles. The van der Waals surface area contributed by atoms with Gasteiger partial charge in [0.2, 0.25) is 0 Å². The second-order valence-corrected chi connectivity index (χ2v) is 4.30. The molecular weight excluding hydrogens is 214 g/mol. The Morgan fingerprint density at radius 2 is 2.13 bits per heavy atom. The first kappa shape index (κ1) is 11.9. The lowest BCUT2D eigenvalue weighted by Crippen LogP contribution is -2.43. The molecule has 0 radical (unpaired) electrons. The first-order valence-electron chi connectivity index (χ1n) is 4.74. The van der Waals surface area contributed by atoms with Gasteiger partial charge in [-0.25, -0.2) is 9.97 Å². The highest BCUT2D eigenvalue weighted by atomic mass is 35.5. The Labute approximate surface area is 94.1 Å². The molecular formula is C10H14ClN3O. The van der Waals surface area contributed by atoms with Gasteiger partial charge in [0.05, 0.1) is 12.4 Å². The van der Waals surface area contributed by atoms with Crippen LogP contribution in [-0.2, 0) is 0 Å². The third-order valence-corrected chi connectivity index (χ3v) is 2.38. The monoisotopic (exact) mass is 227 g/mol. The highest BCUT2D eigenvalue weighted by Crippen LogP contribution is 2.08. The summed E-state index contributed by atoms with van der Waals surface area (Å²) in [5.41, 5.74) is 0.0409. The van der Waals surface area contributed by atoms with E-state index in [0.717, 1.165) is 6.42 Å². The van der Waals surface area contributed by atoms with Gasteiger partial charge in [-0.3, -0.25) is 4.79 Å². The molecule has 0 fully saturated rings. The second kappa shape index (κ2) is 4.57. The van der Waals surface area contributed by atoms with Crippen molar-refractivity contribution < 1.29 is 4.79 Å². The van der Waals surface area contributed by atoms with E-state index >= 15 is 0 Å². The molecule has 0 bridgehead atoms. The van der Waals surface area contributed by atoms with Crippen LogP contribution >= 0.6 is 11.6 Å². The second-order valence-electron chi connectivity index (χ2n) is 3.92. The molecule has 1 amide bonds. The molecule has 1 N–H and O–H groups in total. The van der Waals surface area contributed by atoms with E-state index in [1.807, 2.05) is 20.8 Å². The molecule has 0 aliphatic carbocycles. The predicted molar refractivity (Wildman–Crippen MR) is 58.9 cm³/mol. The quantitative estimate of drug-likeness (QED) is 0.860. The lowest BCUT2D eigenvalue weighted by Gasteiger charge is -2.23. The third-order valence-electron chi connectivity index (χ3n) is 2.19. The average Bonchev–Trinajstić information content (AvgIpc) is 2.18. The smallest absolute Gasteiger partial charge is 0.271 e. The molecule has 1 aromatic rings. The summed E-state index contributed by atoms with van der Waals surface area (Å²) in [6, 6.07) is 0. The Morgan fingerprint density at radius 3 is 2.60 bits per heavy atom. The fourth-order valence-electron chi connectivity index (χ4n) is 0.889. The molecule has 0 aliphatic rings. The number of amides is 1. The highest BCUT2D eigenvalue weighted by Gasteiger charge is 2.19. The van der Waals surface area contributed by atoms with Crippen LogP contribution < -0.4 is 5.32 Å². The van der Waals surface area contributed by atoms with E-state index in [9.17, 15) is 4.79 Å². The largest absolute Gasteiger partial charge is 0.346 e. The van der Waals surface area contributed by atoms with Crippen LogP contribution in [0.1, 0.15) is 37.7 Å². The SMILES string of the molecule is CCC(C)(C)NC(=O)c1cnc(Cl)cn1. The summed E-state index contributed by atoms with van der Waals surface area (Å²) < 4.78 is 0. The van der Waals surface area contributed by atoms with E-state index in [-0.39, 0.29) is 22.3 Å². The van der Waals surface area contributed by atoms with Gasteiger partial charge in [-0.1, -0.05) is 18.5 Å². The summed E-state index contributed by atoms with van der Waals surface area (Å²) in [6.07, 6.45) is 3.57. The van der Waals surface area contributed by atoms with Crippen molar-refractivity contribution >= 4 is 17.5 Å². The number of carbonyl (C=O) groups is 1. The molecule has 0 atom stereocenters. The number of nitrogens with zero attached hydrogens (tertiary/aromatic N) is 2. The van der Waals surface area contributed by atoms with Gasteiger partial charge in [0, 0.05) is 5.54 Å². The molecule has 4 nitrogen and oxygen atoms in total. The predicted octanol–water partition coefficient (Wildman–Crippen LogP) is 2.05. The summed E-state index contributed by atoms with van der Waals surface area (Å²) in [5.74, 6) is -0.231. The topological polar surface area (TPSA) is 54.9 Å². The van der Waals surface area contributed by atoms with Crippen molar-refractivity contribution in [3.05, 3.63) is 23.2 Å². The standard InChI is InChI=1S/C10H14ClN3O/c1-4-10(2,3)14-9(15)7-5-13-8(11)6-12-7/h5-6H,4H2,1-3H3,(H,14,15).